The summed E-state index contributed by atoms with van der Waals surface area (Å²) in [4.78, 5) is 11.3. The summed E-state index contributed by atoms with van der Waals surface area (Å²) in [5.74, 6) is 0.499. The molecule has 3 aromatic carbocycles. The minimum Gasteiger partial charge on any atom is -0.383 e. The minimum absolute atomic E-state index is 0.499. The van der Waals surface area contributed by atoms with Crippen molar-refractivity contribution < 1.29 is 0 Å². The van der Waals surface area contributed by atoms with Gasteiger partial charge in [-0.05, 0) is 68.4 Å². The minimum atomic E-state index is 0.499. The summed E-state index contributed by atoms with van der Waals surface area (Å²) >= 11 is 0. The highest BCUT2D eigenvalue weighted by molar-refractivity contribution is 6.03. The average molecular weight is 496 g/mol. The van der Waals surface area contributed by atoms with Crippen LogP contribution in [0.3, 0.4) is 0 Å². The van der Waals surface area contributed by atoms with Crippen LogP contribution < -0.4 is 15.5 Å². The SMILES string of the molecule is C/C(=C(\N=C(N)c1ccc(C=CCCN(C)C)cc1)c1ccc(N(C)C)cc1)c1ccc(N(C)C)cc1. The predicted octanol–water partition coefficient (Wildman–Crippen LogP) is 6.08. The first-order chi connectivity index (χ1) is 17.7. The normalized spacial score (nSPS) is 12.7. The van der Waals surface area contributed by atoms with Gasteiger partial charge in [0.25, 0.3) is 0 Å². The number of benzene rings is 3. The van der Waals surface area contributed by atoms with Crippen LogP contribution in [0.25, 0.3) is 17.3 Å². The van der Waals surface area contributed by atoms with Crippen LogP contribution >= 0.6 is 0 Å². The van der Waals surface area contributed by atoms with Gasteiger partial charge in [-0.15, -0.1) is 0 Å². The zero-order chi connectivity index (χ0) is 26.9. The van der Waals surface area contributed by atoms with Crippen molar-refractivity contribution in [2.45, 2.75) is 13.3 Å². The third kappa shape index (κ3) is 7.83. The van der Waals surface area contributed by atoms with Crippen LogP contribution in [0.5, 0.6) is 0 Å². The summed E-state index contributed by atoms with van der Waals surface area (Å²) in [5, 5.41) is 0. The zero-order valence-corrected chi connectivity index (χ0v) is 23.4. The Hall–Kier alpha value is -3.83. The number of rotatable bonds is 10. The van der Waals surface area contributed by atoms with Gasteiger partial charge in [-0.1, -0.05) is 60.7 Å². The Morgan fingerprint density at radius 1 is 0.703 bits per heavy atom. The van der Waals surface area contributed by atoms with Gasteiger partial charge in [-0.3, -0.25) is 0 Å². The topological polar surface area (TPSA) is 48.1 Å². The Labute approximate surface area is 223 Å². The maximum atomic E-state index is 6.57. The Morgan fingerprint density at radius 2 is 1.19 bits per heavy atom. The van der Waals surface area contributed by atoms with E-state index >= 15 is 0 Å². The average Bonchev–Trinajstić information content (AvgIpc) is 2.89. The first-order valence-electron chi connectivity index (χ1n) is 12.7. The molecule has 0 aliphatic heterocycles. The molecule has 3 aromatic rings. The maximum absolute atomic E-state index is 6.57. The lowest BCUT2D eigenvalue weighted by Gasteiger charge is -2.16. The van der Waals surface area contributed by atoms with Gasteiger partial charge in [-0.2, -0.15) is 0 Å². The van der Waals surface area contributed by atoms with Crippen LogP contribution in [-0.4, -0.2) is 59.6 Å². The molecule has 0 fully saturated rings. The molecule has 5 heteroatoms. The number of nitrogens with two attached hydrogens (primary N) is 1. The first-order valence-corrected chi connectivity index (χ1v) is 12.7. The van der Waals surface area contributed by atoms with Gasteiger partial charge in [0.15, 0.2) is 0 Å². The molecule has 0 radical (unpaired) electrons. The molecule has 0 atom stereocenters. The lowest BCUT2D eigenvalue weighted by atomic mass is 10.00. The highest BCUT2D eigenvalue weighted by Gasteiger charge is 2.11. The van der Waals surface area contributed by atoms with Crippen LogP contribution in [0.1, 0.15) is 35.6 Å². The molecule has 0 bridgehead atoms. The van der Waals surface area contributed by atoms with Crippen molar-refractivity contribution in [3.05, 3.63) is 101 Å². The van der Waals surface area contributed by atoms with Crippen molar-refractivity contribution in [3.8, 4) is 0 Å². The molecule has 5 nitrogen and oxygen atoms in total. The standard InChI is InChI=1S/C32H41N5/c1-24(26-15-19-29(20-16-26)36(4)5)31(27-17-21-30(22-18-27)37(6)7)34-32(33)28-13-11-25(12-14-28)10-8-9-23-35(2)3/h8,10-22H,9,23H2,1-7H3,(H2,33,34)/b10-8?,31-24+. The highest BCUT2D eigenvalue weighted by Crippen LogP contribution is 2.30. The van der Waals surface area contributed by atoms with E-state index in [4.69, 9.17) is 10.7 Å². The number of hydrogen-bond donors (Lipinski definition) is 1. The van der Waals surface area contributed by atoms with Crippen LogP contribution in [0.15, 0.2) is 83.9 Å². The maximum Gasteiger partial charge on any atom is 0.131 e. The lowest BCUT2D eigenvalue weighted by Crippen LogP contribution is -2.13. The Morgan fingerprint density at radius 3 is 1.68 bits per heavy atom. The molecular weight excluding hydrogens is 454 g/mol. The van der Waals surface area contributed by atoms with Crippen LogP contribution in [-0.2, 0) is 0 Å². The van der Waals surface area contributed by atoms with E-state index in [9.17, 15) is 0 Å². The number of amidine groups is 1. The molecule has 0 aliphatic rings. The number of anilines is 2. The van der Waals surface area contributed by atoms with Crippen molar-refractivity contribution in [2.75, 3.05) is 58.6 Å². The lowest BCUT2D eigenvalue weighted by molar-refractivity contribution is 0.417. The molecule has 0 aliphatic carbocycles. The molecule has 37 heavy (non-hydrogen) atoms. The van der Waals surface area contributed by atoms with Gasteiger partial charge >= 0.3 is 0 Å². The van der Waals surface area contributed by atoms with Gasteiger partial charge < -0.3 is 20.4 Å². The summed E-state index contributed by atoms with van der Waals surface area (Å²) in [6, 6.07) is 25.2. The van der Waals surface area contributed by atoms with Crippen molar-refractivity contribution >= 4 is 34.6 Å². The van der Waals surface area contributed by atoms with Crippen molar-refractivity contribution in [1.29, 1.82) is 0 Å². The van der Waals surface area contributed by atoms with E-state index in [1.165, 1.54) is 0 Å². The fourth-order valence-corrected chi connectivity index (χ4v) is 3.93. The largest absolute Gasteiger partial charge is 0.383 e. The van der Waals surface area contributed by atoms with Crippen LogP contribution in [0.4, 0.5) is 11.4 Å². The fourth-order valence-electron chi connectivity index (χ4n) is 3.93. The van der Waals surface area contributed by atoms with Crippen molar-refractivity contribution in [1.82, 2.24) is 4.90 Å². The zero-order valence-electron chi connectivity index (χ0n) is 23.4. The number of nitrogens with zero attached hydrogens (tertiary/aromatic N) is 4. The van der Waals surface area contributed by atoms with E-state index in [2.05, 4.69) is 109 Å². The van der Waals surface area contributed by atoms with E-state index in [1.54, 1.807) is 0 Å². The summed E-state index contributed by atoms with van der Waals surface area (Å²) in [6.45, 7) is 3.15. The van der Waals surface area contributed by atoms with Gasteiger partial charge in [0.05, 0.1) is 5.70 Å². The van der Waals surface area contributed by atoms with E-state index in [0.717, 1.165) is 57.9 Å². The van der Waals surface area contributed by atoms with E-state index < -0.39 is 0 Å². The molecule has 0 heterocycles. The summed E-state index contributed by atoms with van der Waals surface area (Å²) in [7, 11) is 12.4. The molecule has 0 spiro atoms. The summed E-state index contributed by atoms with van der Waals surface area (Å²) < 4.78 is 0. The third-order valence-corrected chi connectivity index (χ3v) is 6.32. The Bertz CT molecular complexity index is 1230. The van der Waals surface area contributed by atoms with E-state index in [-0.39, 0.29) is 0 Å². The molecular formula is C32H41N5. The molecule has 0 amide bonds. The predicted molar refractivity (Wildman–Crippen MR) is 163 cm³/mol. The van der Waals surface area contributed by atoms with Crippen LogP contribution in [0, 0.1) is 0 Å². The van der Waals surface area contributed by atoms with Gasteiger partial charge in [0, 0.05) is 57.2 Å². The second-order valence-electron chi connectivity index (χ2n) is 9.97. The number of hydrogen-bond acceptors (Lipinski definition) is 4. The Kier molecular flexibility index (Phi) is 9.70. The molecule has 3 rings (SSSR count). The van der Waals surface area contributed by atoms with E-state index in [1.807, 2.05) is 40.3 Å². The summed E-state index contributed by atoms with van der Waals surface area (Å²) in [5.41, 5.74) is 15.0. The second-order valence-corrected chi connectivity index (χ2v) is 9.97. The highest BCUT2D eigenvalue weighted by atomic mass is 15.1. The van der Waals surface area contributed by atoms with Crippen molar-refractivity contribution in [2.24, 2.45) is 10.7 Å². The molecule has 0 unspecified atom stereocenters. The first kappa shape index (κ1) is 27.8. The summed E-state index contributed by atoms with van der Waals surface area (Å²) in [6.07, 6.45) is 5.38. The van der Waals surface area contributed by atoms with Gasteiger partial charge in [-0.25, -0.2) is 4.99 Å². The van der Waals surface area contributed by atoms with E-state index in [0.29, 0.717) is 5.84 Å². The molecule has 2 N–H and O–H groups in total. The van der Waals surface area contributed by atoms with Crippen molar-refractivity contribution in [3.63, 3.8) is 0 Å². The molecule has 194 valence electrons. The molecule has 0 saturated carbocycles. The van der Waals surface area contributed by atoms with Gasteiger partial charge in [0.2, 0.25) is 0 Å². The molecule has 0 aromatic heterocycles. The molecule has 0 saturated heterocycles. The van der Waals surface area contributed by atoms with Gasteiger partial charge in [0.1, 0.15) is 5.84 Å². The van der Waals surface area contributed by atoms with Crippen LogP contribution in [0.2, 0.25) is 0 Å². The number of aliphatic imine (C=N–C) groups is 1. The second kappa shape index (κ2) is 12.9. The number of allylic oxidation sites excluding steroid dienone is 1. The smallest absolute Gasteiger partial charge is 0.131 e. The fraction of sp³-hybridized carbons (Fsp3) is 0.281. The quantitative estimate of drug-likeness (QED) is 0.210. The Balaban J connectivity index is 1.97. The monoisotopic (exact) mass is 495 g/mol. The third-order valence-electron chi connectivity index (χ3n) is 6.32.